The number of nitrogens with zero attached hydrogens (tertiary/aromatic N) is 1. The van der Waals surface area contributed by atoms with E-state index in [1.54, 1.807) is 0 Å². The fraction of sp³-hybridized carbons (Fsp3) is 0.333. The highest BCUT2D eigenvalue weighted by Gasteiger charge is 2.29. The first-order valence-corrected chi connectivity index (χ1v) is 5.90. The Kier molecular flexibility index (Phi) is 3.58. The highest BCUT2D eigenvalue weighted by molar-refractivity contribution is 5.16. The third-order valence-electron chi connectivity index (χ3n) is 3.36. The lowest BCUT2D eigenvalue weighted by Gasteiger charge is -2.26. The molecule has 1 saturated heterocycles. The van der Waals surface area contributed by atoms with Crippen molar-refractivity contribution in [3.8, 4) is 0 Å². The summed E-state index contributed by atoms with van der Waals surface area (Å²) in [5.74, 6) is 0. The second kappa shape index (κ2) is 5.13. The molecule has 84 valence electrons. The Labute approximate surface area is 98.1 Å². The van der Waals surface area contributed by atoms with E-state index in [-0.39, 0.29) is 0 Å². The molecule has 1 aromatic rings. The Balaban J connectivity index is 2.11. The Morgan fingerprint density at radius 2 is 1.62 bits per heavy atom. The van der Waals surface area contributed by atoms with E-state index in [9.17, 15) is 0 Å². The zero-order valence-electron chi connectivity index (χ0n) is 9.68. The lowest BCUT2D eigenvalue weighted by Crippen LogP contribution is -2.33. The van der Waals surface area contributed by atoms with E-state index in [1.807, 2.05) is 0 Å². The van der Waals surface area contributed by atoms with Crippen LogP contribution in [0.2, 0.25) is 0 Å². The van der Waals surface area contributed by atoms with Crippen molar-refractivity contribution in [3.63, 3.8) is 0 Å². The van der Waals surface area contributed by atoms with Crippen molar-refractivity contribution in [1.82, 2.24) is 4.90 Å². The van der Waals surface area contributed by atoms with Crippen LogP contribution in [0.5, 0.6) is 0 Å². The largest absolute Gasteiger partial charge is 0.286 e. The topological polar surface area (TPSA) is 3.24 Å². The van der Waals surface area contributed by atoms with Gasteiger partial charge >= 0.3 is 0 Å². The summed E-state index contributed by atoms with van der Waals surface area (Å²) in [5.41, 5.74) is 1.36. The maximum Gasteiger partial charge on any atom is 0.0285 e. The second-order valence-corrected chi connectivity index (χ2v) is 4.34. The van der Waals surface area contributed by atoms with Crippen molar-refractivity contribution in [3.05, 3.63) is 61.2 Å². The molecule has 0 aliphatic carbocycles. The Hall–Kier alpha value is -1.34. The summed E-state index contributed by atoms with van der Waals surface area (Å²) in [6.07, 6.45) is 6.53. The molecule has 0 spiro atoms. The molecular formula is C15H19N. The molecule has 1 nitrogen and oxygen atoms in total. The molecule has 1 heteroatoms. The van der Waals surface area contributed by atoms with Crippen LogP contribution in [0.3, 0.4) is 0 Å². The van der Waals surface area contributed by atoms with E-state index in [2.05, 4.69) is 60.5 Å². The third kappa shape index (κ3) is 2.25. The summed E-state index contributed by atoms with van der Waals surface area (Å²) in [6.45, 7) is 8.85. The molecule has 0 aromatic heterocycles. The van der Waals surface area contributed by atoms with E-state index in [1.165, 1.54) is 18.4 Å². The first-order chi connectivity index (χ1) is 7.85. The van der Waals surface area contributed by atoms with Crippen molar-refractivity contribution in [2.24, 2.45) is 0 Å². The molecular weight excluding hydrogens is 194 g/mol. The summed E-state index contributed by atoms with van der Waals surface area (Å²) in [6, 6.07) is 11.6. The van der Waals surface area contributed by atoms with Crippen molar-refractivity contribution in [1.29, 1.82) is 0 Å². The van der Waals surface area contributed by atoms with Crippen LogP contribution in [0.4, 0.5) is 0 Å². The van der Waals surface area contributed by atoms with E-state index in [0.29, 0.717) is 12.1 Å². The van der Waals surface area contributed by atoms with Gasteiger partial charge in [-0.1, -0.05) is 42.5 Å². The van der Waals surface area contributed by atoms with E-state index >= 15 is 0 Å². The summed E-state index contributed by atoms with van der Waals surface area (Å²) in [7, 11) is 0. The van der Waals surface area contributed by atoms with Gasteiger partial charge in [0.1, 0.15) is 0 Å². The average molecular weight is 213 g/mol. The first kappa shape index (κ1) is 11.2. The predicted octanol–water partition coefficient (Wildman–Crippen LogP) is 3.39. The van der Waals surface area contributed by atoms with Gasteiger partial charge in [0, 0.05) is 18.6 Å². The van der Waals surface area contributed by atoms with Crippen LogP contribution >= 0.6 is 0 Å². The number of benzene rings is 1. The van der Waals surface area contributed by atoms with Gasteiger partial charge in [0.25, 0.3) is 0 Å². The van der Waals surface area contributed by atoms with Gasteiger partial charge in [-0.2, -0.15) is 0 Å². The molecule has 1 aliphatic heterocycles. The standard InChI is InChI=1S/C15H19N/c1-3-14-10-11-15(4-2)16(14)12-13-8-6-5-7-9-13/h3-9,14-15H,1-2,10-12H2/t14-,15+. The van der Waals surface area contributed by atoms with Crippen LogP contribution in [0.1, 0.15) is 18.4 Å². The van der Waals surface area contributed by atoms with Gasteiger partial charge in [-0.15, -0.1) is 13.2 Å². The maximum atomic E-state index is 3.93. The van der Waals surface area contributed by atoms with E-state index in [0.717, 1.165) is 6.54 Å². The van der Waals surface area contributed by atoms with Gasteiger partial charge in [0.05, 0.1) is 0 Å². The molecule has 0 N–H and O–H groups in total. The van der Waals surface area contributed by atoms with Crippen LogP contribution in [0.15, 0.2) is 55.6 Å². The normalized spacial score (nSPS) is 25.5. The minimum Gasteiger partial charge on any atom is -0.286 e. The first-order valence-electron chi connectivity index (χ1n) is 5.90. The quantitative estimate of drug-likeness (QED) is 0.693. The molecule has 1 aromatic carbocycles. The summed E-state index contributed by atoms with van der Waals surface area (Å²) < 4.78 is 0. The van der Waals surface area contributed by atoms with Crippen molar-refractivity contribution < 1.29 is 0 Å². The predicted molar refractivity (Wildman–Crippen MR) is 69.2 cm³/mol. The summed E-state index contributed by atoms with van der Waals surface area (Å²) in [4.78, 5) is 2.48. The van der Waals surface area contributed by atoms with E-state index < -0.39 is 0 Å². The molecule has 1 fully saturated rings. The number of hydrogen-bond acceptors (Lipinski definition) is 1. The van der Waals surface area contributed by atoms with Gasteiger partial charge in [-0.05, 0) is 18.4 Å². The molecule has 0 saturated carbocycles. The number of hydrogen-bond donors (Lipinski definition) is 0. The van der Waals surface area contributed by atoms with Crippen molar-refractivity contribution in [2.45, 2.75) is 31.5 Å². The minimum atomic E-state index is 0.503. The van der Waals surface area contributed by atoms with E-state index in [4.69, 9.17) is 0 Å². The van der Waals surface area contributed by atoms with Crippen LogP contribution in [0, 0.1) is 0 Å². The maximum absolute atomic E-state index is 3.93. The lowest BCUT2D eigenvalue weighted by atomic mass is 10.2. The van der Waals surface area contributed by atoms with Gasteiger partial charge in [-0.25, -0.2) is 0 Å². The van der Waals surface area contributed by atoms with Crippen LogP contribution in [-0.2, 0) is 6.54 Å². The fourth-order valence-electron chi connectivity index (χ4n) is 2.45. The minimum absolute atomic E-state index is 0.503. The lowest BCUT2D eigenvalue weighted by molar-refractivity contribution is 0.240. The monoisotopic (exact) mass is 213 g/mol. The van der Waals surface area contributed by atoms with Gasteiger partial charge < -0.3 is 0 Å². The average Bonchev–Trinajstić information content (AvgIpc) is 2.72. The van der Waals surface area contributed by atoms with Crippen molar-refractivity contribution >= 4 is 0 Å². The molecule has 0 unspecified atom stereocenters. The zero-order chi connectivity index (χ0) is 11.4. The Bertz CT molecular complexity index is 339. The molecule has 16 heavy (non-hydrogen) atoms. The van der Waals surface area contributed by atoms with Crippen molar-refractivity contribution in [2.75, 3.05) is 0 Å². The third-order valence-corrected chi connectivity index (χ3v) is 3.36. The number of rotatable bonds is 4. The summed E-state index contributed by atoms with van der Waals surface area (Å²) >= 11 is 0. The SMILES string of the molecule is C=C[C@@H]1CC[C@H](C=C)N1Cc1ccccc1. The molecule has 0 radical (unpaired) electrons. The Morgan fingerprint density at radius 3 is 2.12 bits per heavy atom. The van der Waals surface area contributed by atoms with Gasteiger partial charge in [0.15, 0.2) is 0 Å². The molecule has 0 bridgehead atoms. The highest BCUT2D eigenvalue weighted by Crippen LogP contribution is 2.27. The van der Waals surface area contributed by atoms with Crippen LogP contribution in [0.25, 0.3) is 0 Å². The van der Waals surface area contributed by atoms with Gasteiger partial charge in [-0.3, -0.25) is 4.90 Å². The smallest absolute Gasteiger partial charge is 0.0285 e. The zero-order valence-corrected chi connectivity index (χ0v) is 9.68. The molecule has 1 aliphatic rings. The van der Waals surface area contributed by atoms with Crippen LogP contribution < -0.4 is 0 Å². The molecule has 0 amide bonds. The summed E-state index contributed by atoms with van der Waals surface area (Å²) in [5, 5.41) is 0. The highest BCUT2D eigenvalue weighted by atomic mass is 15.2. The molecule has 2 rings (SSSR count). The molecule has 2 atom stereocenters. The van der Waals surface area contributed by atoms with Crippen LogP contribution in [-0.4, -0.2) is 17.0 Å². The number of likely N-dealkylation sites (tertiary alicyclic amines) is 1. The molecule has 1 heterocycles. The van der Waals surface area contributed by atoms with Gasteiger partial charge in [0.2, 0.25) is 0 Å². The second-order valence-electron chi connectivity index (χ2n) is 4.34. The fourth-order valence-corrected chi connectivity index (χ4v) is 2.45. The Morgan fingerprint density at radius 1 is 1.06 bits per heavy atom.